The fourth-order valence-electron chi connectivity index (χ4n) is 2.03. The van der Waals surface area contributed by atoms with Crippen LogP contribution >= 0.6 is 23.2 Å². The number of carbonyl (C=O) groups is 1. The van der Waals surface area contributed by atoms with Crippen molar-refractivity contribution in [1.82, 2.24) is 10.3 Å². The molecule has 2 aromatic rings. The average Bonchev–Trinajstić information content (AvgIpc) is 2.55. The number of rotatable bonds is 6. The maximum atomic E-state index is 12.1. The summed E-state index contributed by atoms with van der Waals surface area (Å²) < 4.78 is 29.7. The molecule has 0 heterocycles. The second-order valence-electron chi connectivity index (χ2n) is 5.24. The van der Waals surface area contributed by atoms with Crippen LogP contribution in [-0.4, -0.2) is 20.9 Å². The van der Waals surface area contributed by atoms with Gasteiger partial charge >= 0.3 is 0 Å². The molecule has 2 aromatic carbocycles. The molecule has 0 radical (unpaired) electrons. The zero-order valence-electron chi connectivity index (χ0n) is 13.5. The van der Waals surface area contributed by atoms with E-state index in [1.165, 1.54) is 18.2 Å². The zero-order chi connectivity index (χ0) is 18.6. The smallest absolute Gasteiger partial charge is 0.272 e. The molecular formula is C16H16Cl2N2O4S. The van der Waals surface area contributed by atoms with E-state index >= 15 is 0 Å². The van der Waals surface area contributed by atoms with Gasteiger partial charge in [0.2, 0.25) is 0 Å². The van der Waals surface area contributed by atoms with Gasteiger partial charge in [-0.15, -0.1) is 4.83 Å². The predicted molar refractivity (Wildman–Crippen MR) is 96.3 cm³/mol. The Morgan fingerprint density at radius 2 is 1.72 bits per heavy atom. The van der Waals surface area contributed by atoms with Crippen LogP contribution in [0.15, 0.2) is 41.3 Å². The Labute approximate surface area is 156 Å². The zero-order valence-corrected chi connectivity index (χ0v) is 15.8. The average molecular weight is 403 g/mol. The monoisotopic (exact) mass is 402 g/mol. The van der Waals surface area contributed by atoms with Crippen LogP contribution in [0.2, 0.25) is 10.0 Å². The minimum Gasteiger partial charge on any atom is -0.483 e. The molecule has 9 heteroatoms. The van der Waals surface area contributed by atoms with E-state index in [1.54, 1.807) is 0 Å². The van der Waals surface area contributed by atoms with Gasteiger partial charge in [0.05, 0.1) is 14.9 Å². The fraction of sp³-hybridized carbons (Fsp3) is 0.188. The number of para-hydroxylation sites is 1. The van der Waals surface area contributed by atoms with Crippen molar-refractivity contribution in [2.75, 3.05) is 6.61 Å². The van der Waals surface area contributed by atoms with E-state index < -0.39 is 15.9 Å². The molecule has 25 heavy (non-hydrogen) atoms. The highest BCUT2D eigenvalue weighted by atomic mass is 35.5. The van der Waals surface area contributed by atoms with Crippen molar-refractivity contribution < 1.29 is 17.9 Å². The maximum Gasteiger partial charge on any atom is 0.272 e. The summed E-state index contributed by atoms with van der Waals surface area (Å²) in [6.45, 7) is 3.37. The van der Waals surface area contributed by atoms with Crippen molar-refractivity contribution in [2.24, 2.45) is 0 Å². The highest BCUT2D eigenvalue weighted by Gasteiger charge is 2.17. The van der Waals surface area contributed by atoms with Gasteiger partial charge in [0.25, 0.3) is 15.9 Å². The number of hydrogen-bond acceptors (Lipinski definition) is 4. The SMILES string of the molecule is Cc1cccc(C)c1OCC(=O)NNS(=O)(=O)c1ccc(Cl)c(Cl)c1. The van der Waals surface area contributed by atoms with Gasteiger partial charge in [-0.3, -0.25) is 10.2 Å². The molecule has 0 spiro atoms. The highest BCUT2D eigenvalue weighted by molar-refractivity contribution is 7.89. The quantitative estimate of drug-likeness (QED) is 0.727. The topological polar surface area (TPSA) is 84.5 Å². The molecule has 0 unspecified atom stereocenters. The number of sulfonamides is 1. The number of amides is 1. The lowest BCUT2D eigenvalue weighted by atomic mass is 10.1. The van der Waals surface area contributed by atoms with E-state index in [0.717, 1.165) is 11.1 Å². The van der Waals surface area contributed by atoms with Gasteiger partial charge in [-0.1, -0.05) is 41.4 Å². The third-order valence-corrected chi connectivity index (χ3v) is 5.27. The molecule has 0 aliphatic rings. The molecule has 0 aliphatic heterocycles. The van der Waals surface area contributed by atoms with Gasteiger partial charge in [-0.25, -0.2) is 8.42 Å². The summed E-state index contributed by atoms with van der Waals surface area (Å²) in [6, 6.07) is 9.40. The summed E-state index contributed by atoms with van der Waals surface area (Å²) in [4.78, 5) is 13.7. The van der Waals surface area contributed by atoms with Gasteiger partial charge in [-0.2, -0.15) is 0 Å². The first-order chi connectivity index (χ1) is 11.7. The maximum absolute atomic E-state index is 12.1. The molecule has 0 aromatic heterocycles. The van der Waals surface area contributed by atoms with Crippen LogP contribution < -0.4 is 15.0 Å². The van der Waals surface area contributed by atoms with Crippen molar-refractivity contribution >= 4 is 39.1 Å². The number of hydrazine groups is 1. The second kappa shape index (κ2) is 8.05. The van der Waals surface area contributed by atoms with Crippen LogP contribution in [0.25, 0.3) is 0 Å². The van der Waals surface area contributed by atoms with Gasteiger partial charge in [0.15, 0.2) is 6.61 Å². The summed E-state index contributed by atoms with van der Waals surface area (Å²) in [5.41, 5.74) is 3.84. The number of nitrogens with one attached hydrogen (secondary N) is 2. The summed E-state index contributed by atoms with van der Waals surface area (Å²) >= 11 is 11.5. The van der Waals surface area contributed by atoms with Crippen molar-refractivity contribution in [3.8, 4) is 5.75 Å². The fourth-order valence-corrected chi connectivity index (χ4v) is 3.28. The molecule has 0 fully saturated rings. The van der Waals surface area contributed by atoms with Gasteiger partial charge in [0.1, 0.15) is 5.75 Å². The largest absolute Gasteiger partial charge is 0.483 e. The van der Waals surface area contributed by atoms with E-state index in [1.807, 2.05) is 36.9 Å². The Morgan fingerprint density at radius 3 is 2.32 bits per heavy atom. The third kappa shape index (κ3) is 5.09. The summed E-state index contributed by atoms with van der Waals surface area (Å²) in [5.74, 6) is -0.0590. The first kappa shape index (κ1) is 19.5. The van der Waals surface area contributed by atoms with Crippen molar-refractivity contribution in [1.29, 1.82) is 0 Å². The predicted octanol–water partition coefficient (Wildman–Crippen LogP) is 3.00. The van der Waals surface area contributed by atoms with Crippen LogP contribution in [0.1, 0.15) is 11.1 Å². The number of carbonyl (C=O) groups excluding carboxylic acids is 1. The standard InChI is InChI=1S/C16H16Cl2N2O4S/c1-10-4-3-5-11(2)16(10)24-9-15(21)19-20-25(22,23)12-6-7-13(17)14(18)8-12/h3-8,20H,9H2,1-2H3,(H,19,21). The van der Waals surface area contributed by atoms with Gasteiger partial charge in [-0.05, 0) is 43.2 Å². The van der Waals surface area contributed by atoms with Gasteiger partial charge < -0.3 is 4.74 Å². The minimum absolute atomic E-state index is 0.0919. The van der Waals surface area contributed by atoms with Crippen LogP contribution in [0.5, 0.6) is 5.75 Å². The highest BCUT2D eigenvalue weighted by Crippen LogP contribution is 2.24. The van der Waals surface area contributed by atoms with Crippen molar-refractivity contribution in [3.05, 3.63) is 57.6 Å². The Bertz CT molecular complexity index is 881. The van der Waals surface area contributed by atoms with Crippen molar-refractivity contribution in [2.45, 2.75) is 18.7 Å². The minimum atomic E-state index is -3.97. The third-order valence-electron chi connectivity index (χ3n) is 3.28. The first-order valence-electron chi connectivity index (χ1n) is 7.15. The number of hydrogen-bond donors (Lipinski definition) is 2. The lowest BCUT2D eigenvalue weighted by molar-refractivity contribution is -0.123. The van der Waals surface area contributed by atoms with Gasteiger partial charge in [0, 0.05) is 0 Å². The van der Waals surface area contributed by atoms with Crippen LogP contribution in [0, 0.1) is 13.8 Å². The summed E-state index contributed by atoms with van der Waals surface area (Å²) in [6.07, 6.45) is 0. The molecule has 6 nitrogen and oxygen atoms in total. The molecule has 1 amide bonds. The normalized spacial score (nSPS) is 11.2. The Morgan fingerprint density at radius 1 is 1.08 bits per heavy atom. The molecular weight excluding hydrogens is 387 g/mol. The molecule has 0 bridgehead atoms. The lowest BCUT2D eigenvalue weighted by Crippen LogP contribution is -2.43. The van der Waals surface area contributed by atoms with Crippen LogP contribution in [0.3, 0.4) is 0 Å². The molecule has 134 valence electrons. The Balaban J connectivity index is 1.96. The number of aryl methyl sites for hydroxylation is 2. The molecule has 0 atom stereocenters. The van der Waals surface area contributed by atoms with E-state index in [0.29, 0.717) is 5.75 Å². The van der Waals surface area contributed by atoms with E-state index in [9.17, 15) is 13.2 Å². The Kier molecular flexibility index (Phi) is 6.29. The number of benzene rings is 2. The number of ether oxygens (including phenoxy) is 1. The molecule has 0 saturated heterocycles. The van der Waals surface area contributed by atoms with Crippen LogP contribution in [0.4, 0.5) is 0 Å². The second-order valence-corrected chi connectivity index (χ2v) is 7.74. The molecule has 2 N–H and O–H groups in total. The summed E-state index contributed by atoms with van der Waals surface area (Å²) in [7, 11) is -3.97. The Hall–Kier alpha value is -1.80. The van der Waals surface area contributed by atoms with Crippen molar-refractivity contribution in [3.63, 3.8) is 0 Å². The van der Waals surface area contributed by atoms with E-state index in [4.69, 9.17) is 27.9 Å². The van der Waals surface area contributed by atoms with E-state index in [2.05, 4.69) is 5.43 Å². The lowest BCUT2D eigenvalue weighted by Gasteiger charge is -2.12. The first-order valence-corrected chi connectivity index (χ1v) is 9.39. The van der Waals surface area contributed by atoms with E-state index in [-0.39, 0.29) is 21.5 Å². The van der Waals surface area contributed by atoms with Crippen LogP contribution in [-0.2, 0) is 14.8 Å². The molecule has 2 rings (SSSR count). The summed E-state index contributed by atoms with van der Waals surface area (Å²) in [5, 5.41) is 0.320. The number of halogens is 2. The molecule has 0 saturated carbocycles. The molecule has 0 aliphatic carbocycles.